The van der Waals surface area contributed by atoms with Gasteiger partial charge in [-0.1, -0.05) is 11.6 Å². The van der Waals surface area contributed by atoms with Gasteiger partial charge in [-0.2, -0.15) is 0 Å². The third-order valence-corrected chi connectivity index (χ3v) is 5.27. The first kappa shape index (κ1) is 17.1. The van der Waals surface area contributed by atoms with E-state index in [9.17, 15) is 4.57 Å². The normalized spacial score (nSPS) is 15.8. The molecule has 0 aromatic heterocycles. The fourth-order valence-corrected chi connectivity index (χ4v) is 3.89. The molecule has 96 valence electrons. The first-order valence-corrected chi connectivity index (χ1v) is 8.37. The quantitative estimate of drug-likeness (QED) is 0.474. The van der Waals surface area contributed by atoms with Gasteiger partial charge in [0.2, 0.25) is 0 Å². The van der Waals surface area contributed by atoms with Crippen LogP contribution in [-0.4, -0.2) is 41.7 Å². The van der Waals surface area contributed by atoms with Gasteiger partial charge in [0.15, 0.2) is 0 Å². The van der Waals surface area contributed by atoms with Crippen molar-refractivity contribution < 1.29 is 9.09 Å². The Kier molecular flexibility index (Phi) is 10.7. The zero-order chi connectivity index (χ0) is 12.4. The Hall–Kier alpha value is 1.05. The van der Waals surface area contributed by atoms with Crippen LogP contribution in [0.15, 0.2) is 11.6 Å². The molecule has 1 atom stereocenters. The minimum Gasteiger partial charge on any atom is -0.312 e. The number of alkyl halides is 3. The number of hydrogen-bond donors (Lipinski definition) is 0. The van der Waals surface area contributed by atoms with Crippen molar-refractivity contribution in [1.82, 2.24) is 4.67 Å². The summed E-state index contributed by atoms with van der Waals surface area (Å²) in [4.78, 5) is 0. The second-order valence-electron chi connectivity index (χ2n) is 2.75. The summed E-state index contributed by atoms with van der Waals surface area (Å²) in [6.45, 7) is 0.986. The molecule has 0 radical (unpaired) electrons. The molecule has 0 aliphatic carbocycles. The third-order valence-electron chi connectivity index (χ3n) is 1.73. The summed E-state index contributed by atoms with van der Waals surface area (Å²) in [5, 5.41) is 0. The van der Waals surface area contributed by atoms with Crippen molar-refractivity contribution in [2.75, 3.05) is 37.1 Å². The van der Waals surface area contributed by atoms with Crippen LogP contribution in [-0.2, 0) is 9.09 Å². The molecule has 0 spiro atoms. The van der Waals surface area contributed by atoms with Crippen LogP contribution in [0.3, 0.4) is 0 Å². The van der Waals surface area contributed by atoms with Crippen LogP contribution >= 0.6 is 53.9 Å². The molecule has 0 saturated heterocycles. The topological polar surface area (TPSA) is 29.5 Å². The van der Waals surface area contributed by atoms with Gasteiger partial charge in [-0.25, -0.2) is 4.67 Å². The van der Waals surface area contributed by atoms with E-state index in [0.29, 0.717) is 24.8 Å². The van der Waals surface area contributed by atoms with E-state index in [1.54, 1.807) is 10.7 Å². The standard InChI is InChI=1S/C8H14Cl4NO2P/c9-2-1-7-15-16(14,8-12)13(5-3-10)6-4-11/h1-2H,3-8H2. The summed E-state index contributed by atoms with van der Waals surface area (Å²) in [6.07, 6.45) is 1.54. The van der Waals surface area contributed by atoms with E-state index in [2.05, 4.69) is 0 Å². The zero-order valence-corrected chi connectivity index (χ0v) is 12.5. The molecule has 0 aromatic carbocycles. The number of hydrogen-bond acceptors (Lipinski definition) is 2. The Morgan fingerprint density at radius 3 is 2.12 bits per heavy atom. The molecule has 0 aliphatic heterocycles. The smallest absolute Gasteiger partial charge is 0.287 e. The maximum absolute atomic E-state index is 12.3. The molecule has 0 aliphatic rings. The SMILES string of the molecule is O=P(CCl)(OCC=CCl)N(CCCl)CCCl. The van der Waals surface area contributed by atoms with E-state index < -0.39 is 7.52 Å². The van der Waals surface area contributed by atoms with Gasteiger partial charge in [0.25, 0.3) is 7.52 Å². The highest BCUT2D eigenvalue weighted by molar-refractivity contribution is 7.58. The van der Waals surface area contributed by atoms with E-state index in [1.165, 1.54) is 5.54 Å². The molecule has 0 amide bonds. The Bertz CT molecular complexity index is 246. The fraction of sp³-hybridized carbons (Fsp3) is 0.750. The van der Waals surface area contributed by atoms with Gasteiger partial charge in [0, 0.05) is 30.4 Å². The number of halogens is 4. The molecular formula is C8H14Cl4NO2P. The average Bonchev–Trinajstić information content (AvgIpc) is 2.29. The minimum absolute atomic E-state index is 0.100. The van der Waals surface area contributed by atoms with Crippen LogP contribution < -0.4 is 0 Å². The van der Waals surface area contributed by atoms with Gasteiger partial charge in [0.1, 0.15) is 5.62 Å². The van der Waals surface area contributed by atoms with Crippen molar-refractivity contribution in [3.8, 4) is 0 Å². The molecule has 3 nitrogen and oxygen atoms in total. The van der Waals surface area contributed by atoms with Gasteiger partial charge in [-0.3, -0.25) is 4.57 Å². The van der Waals surface area contributed by atoms with Crippen molar-refractivity contribution in [2.45, 2.75) is 0 Å². The number of nitrogens with zero attached hydrogens (tertiary/aromatic N) is 1. The third kappa shape index (κ3) is 6.11. The maximum atomic E-state index is 12.3. The number of rotatable bonds is 9. The van der Waals surface area contributed by atoms with Crippen molar-refractivity contribution in [3.63, 3.8) is 0 Å². The molecule has 0 heterocycles. The van der Waals surface area contributed by atoms with E-state index in [1.807, 2.05) is 0 Å². The van der Waals surface area contributed by atoms with Crippen LogP contribution in [0.2, 0.25) is 0 Å². The Morgan fingerprint density at radius 1 is 1.19 bits per heavy atom. The van der Waals surface area contributed by atoms with Crippen molar-refractivity contribution >= 4 is 53.9 Å². The molecule has 0 bridgehead atoms. The zero-order valence-electron chi connectivity index (χ0n) is 8.62. The maximum Gasteiger partial charge on any atom is 0.287 e. The molecule has 0 N–H and O–H groups in total. The minimum atomic E-state index is -3.05. The molecule has 0 fully saturated rings. The molecule has 1 unspecified atom stereocenters. The first-order valence-electron chi connectivity index (χ1n) is 4.56. The van der Waals surface area contributed by atoms with E-state index in [-0.39, 0.29) is 12.2 Å². The lowest BCUT2D eigenvalue weighted by Crippen LogP contribution is -2.26. The summed E-state index contributed by atoms with van der Waals surface area (Å²) in [6, 6.07) is 0. The Labute approximate surface area is 116 Å². The predicted octanol–water partition coefficient (Wildman–Crippen LogP) is 3.92. The van der Waals surface area contributed by atoms with Crippen LogP contribution in [0.4, 0.5) is 0 Å². The van der Waals surface area contributed by atoms with Gasteiger partial charge in [-0.05, 0) is 6.08 Å². The molecule has 0 rings (SSSR count). The summed E-state index contributed by atoms with van der Waals surface area (Å²) in [5.41, 5.74) is 1.20. The summed E-state index contributed by atoms with van der Waals surface area (Å²) in [5.74, 6) is 0.680. The molecule has 0 aromatic rings. The van der Waals surface area contributed by atoms with Crippen molar-refractivity contribution in [1.29, 1.82) is 0 Å². The largest absolute Gasteiger partial charge is 0.312 e. The van der Waals surface area contributed by atoms with Crippen molar-refractivity contribution in [3.05, 3.63) is 11.6 Å². The van der Waals surface area contributed by atoms with Crippen LogP contribution in [0, 0.1) is 0 Å². The predicted molar refractivity (Wildman–Crippen MR) is 72.3 cm³/mol. The van der Waals surface area contributed by atoms with Crippen LogP contribution in [0.5, 0.6) is 0 Å². The van der Waals surface area contributed by atoms with Crippen LogP contribution in [0.1, 0.15) is 0 Å². The lowest BCUT2D eigenvalue weighted by Gasteiger charge is -2.28. The second kappa shape index (κ2) is 10.0. The van der Waals surface area contributed by atoms with Gasteiger partial charge in [-0.15, -0.1) is 34.8 Å². The lowest BCUT2D eigenvalue weighted by atomic mass is 10.6. The molecule has 8 heteroatoms. The average molecular weight is 329 g/mol. The van der Waals surface area contributed by atoms with E-state index in [4.69, 9.17) is 50.9 Å². The van der Waals surface area contributed by atoms with Crippen molar-refractivity contribution in [2.24, 2.45) is 0 Å². The van der Waals surface area contributed by atoms with E-state index in [0.717, 1.165) is 0 Å². The van der Waals surface area contributed by atoms with Gasteiger partial charge < -0.3 is 4.52 Å². The Morgan fingerprint density at radius 2 is 1.75 bits per heavy atom. The highest BCUT2D eigenvalue weighted by atomic mass is 35.5. The van der Waals surface area contributed by atoms with Gasteiger partial charge in [0.05, 0.1) is 6.61 Å². The molecule has 16 heavy (non-hydrogen) atoms. The summed E-state index contributed by atoms with van der Waals surface area (Å²) >= 11 is 22.3. The van der Waals surface area contributed by atoms with Gasteiger partial charge >= 0.3 is 0 Å². The second-order valence-corrected chi connectivity index (χ2v) is 6.81. The fourth-order valence-electron chi connectivity index (χ4n) is 0.999. The first-order chi connectivity index (χ1) is 7.64. The monoisotopic (exact) mass is 327 g/mol. The summed E-state index contributed by atoms with van der Waals surface area (Å²) in [7, 11) is -3.05. The Balaban J connectivity index is 4.52. The van der Waals surface area contributed by atoms with E-state index >= 15 is 0 Å². The highest BCUT2D eigenvalue weighted by Gasteiger charge is 2.29. The molecular weight excluding hydrogens is 315 g/mol. The van der Waals surface area contributed by atoms with Crippen LogP contribution in [0.25, 0.3) is 0 Å². The highest BCUT2D eigenvalue weighted by Crippen LogP contribution is 2.51. The summed E-state index contributed by atoms with van der Waals surface area (Å²) < 4.78 is 19.1. The molecule has 0 saturated carbocycles. The lowest BCUT2D eigenvalue weighted by molar-refractivity contribution is 0.295.